The number of carbonyl (C=O) groups excluding carboxylic acids is 1. The first-order valence-electron chi connectivity index (χ1n) is 9.62. The van der Waals surface area contributed by atoms with Gasteiger partial charge in [-0.25, -0.2) is 8.42 Å². The zero-order chi connectivity index (χ0) is 21.3. The molecule has 5 nitrogen and oxygen atoms in total. The van der Waals surface area contributed by atoms with Crippen molar-refractivity contribution in [3.05, 3.63) is 106 Å². The van der Waals surface area contributed by atoms with Gasteiger partial charge in [-0.2, -0.15) is 0 Å². The monoisotopic (exact) mass is 418 g/mol. The normalized spacial score (nSPS) is 16.4. The Morgan fingerprint density at radius 2 is 1.67 bits per heavy atom. The molecule has 0 amide bonds. The molecule has 1 N–H and O–H groups in total. The van der Waals surface area contributed by atoms with Crippen molar-refractivity contribution in [2.24, 2.45) is 0 Å². The molecule has 0 spiro atoms. The Balaban J connectivity index is 1.80. The molecule has 0 atom stereocenters. The summed E-state index contributed by atoms with van der Waals surface area (Å²) in [6.07, 6.45) is 1.30. The maximum atomic E-state index is 13.5. The Hall–Kier alpha value is -3.38. The van der Waals surface area contributed by atoms with Gasteiger partial charge in [-0.1, -0.05) is 60.2 Å². The summed E-state index contributed by atoms with van der Waals surface area (Å²) in [6, 6.07) is 22.0. The van der Waals surface area contributed by atoms with Crippen molar-refractivity contribution < 1.29 is 13.2 Å². The van der Waals surface area contributed by atoms with Gasteiger partial charge in [0.05, 0.1) is 12.2 Å². The van der Waals surface area contributed by atoms with E-state index in [-0.39, 0.29) is 11.4 Å². The van der Waals surface area contributed by atoms with Crippen LogP contribution in [-0.2, 0) is 16.6 Å². The lowest BCUT2D eigenvalue weighted by Gasteiger charge is -2.31. The first-order valence-corrected chi connectivity index (χ1v) is 11.1. The molecule has 3 aromatic carbocycles. The third-order valence-corrected chi connectivity index (χ3v) is 6.89. The Bertz CT molecular complexity index is 1260. The van der Waals surface area contributed by atoms with Gasteiger partial charge in [0.1, 0.15) is 0 Å². The molecule has 0 saturated heterocycles. The molecule has 0 radical (unpaired) electrons. The number of hydrogen-bond acceptors (Lipinski definition) is 4. The van der Waals surface area contributed by atoms with Gasteiger partial charge in [-0.05, 0) is 43.2 Å². The summed E-state index contributed by atoms with van der Waals surface area (Å²) in [4.78, 5) is 12.8. The summed E-state index contributed by atoms with van der Waals surface area (Å²) in [6.45, 7) is 4.02. The average molecular weight is 419 g/mol. The number of Topliss-reactive ketones (excluding diaryl/α,β-unsaturated/α-hetero) is 1. The van der Waals surface area contributed by atoms with Gasteiger partial charge >= 0.3 is 0 Å². The molecule has 30 heavy (non-hydrogen) atoms. The molecule has 152 valence electrons. The number of nitrogens with zero attached hydrogens (tertiary/aromatic N) is 1. The van der Waals surface area contributed by atoms with Crippen molar-refractivity contribution in [2.45, 2.75) is 20.4 Å². The number of hydrogen-bond donors (Lipinski definition) is 1. The highest BCUT2D eigenvalue weighted by Gasteiger charge is 2.40. The fraction of sp³-hybridized carbons (Fsp3) is 0.125. The maximum absolute atomic E-state index is 13.5. The van der Waals surface area contributed by atoms with Crippen LogP contribution in [0.3, 0.4) is 0 Å². The Morgan fingerprint density at radius 1 is 0.933 bits per heavy atom. The highest BCUT2D eigenvalue weighted by molar-refractivity contribution is 7.97. The lowest BCUT2D eigenvalue weighted by Crippen LogP contribution is -2.39. The van der Waals surface area contributed by atoms with Crippen LogP contribution >= 0.6 is 0 Å². The van der Waals surface area contributed by atoms with Crippen molar-refractivity contribution in [1.82, 2.24) is 0 Å². The quantitative estimate of drug-likeness (QED) is 0.619. The molecule has 1 aliphatic heterocycles. The summed E-state index contributed by atoms with van der Waals surface area (Å²) in [5, 5.41) is 3.00. The van der Waals surface area contributed by atoms with Crippen LogP contribution in [0.15, 0.2) is 83.9 Å². The SMILES string of the molecule is Cc1cccc(CN2c3ccccc3C(=O)/C(=C/Nc3ccccc3C)S2(=O)=O)c1. The topological polar surface area (TPSA) is 66.5 Å². The highest BCUT2D eigenvalue weighted by atomic mass is 32.2. The van der Waals surface area contributed by atoms with E-state index in [4.69, 9.17) is 0 Å². The zero-order valence-electron chi connectivity index (χ0n) is 16.8. The second-order valence-corrected chi connectivity index (χ2v) is 9.15. The van der Waals surface area contributed by atoms with Gasteiger partial charge in [0.15, 0.2) is 4.91 Å². The molecular formula is C24H22N2O3S. The number of para-hydroxylation sites is 2. The van der Waals surface area contributed by atoms with Gasteiger partial charge in [0, 0.05) is 17.5 Å². The Morgan fingerprint density at radius 3 is 2.43 bits per heavy atom. The van der Waals surface area contributed by atoms with Gasteiger partial charge in [0.25, 0.3) is 10.0 Å². The molecule has 0 unspecified atom stereocenters. The Kier molecular flexibility index (Phi) is 5.18. The van der Waals surface area contributed by atoms with E-state index >= 15 is 0 Å². The van der Waals surface area contributed by atoms with E-state index in [2.05, 4.69) is 5.32 Å². The lowest BCUT2D eigenvalue weighted by molar-refractivity contribution is 0.104. The standard InChI is InChI=1S/C24H22N2O3S/c1-17-8-7-10-19(14-17)16-26-22-13-6-4-11-20(22)24(27)23(30(26,28)29)15-25-21-12-5-3-9-18(21)2/h3-15,25H,16H2,1-2H3/b23-15-. The minimum absolute atomic E-state index is 0.149. The Labute approximate surface area is 176 Å². The van der Waals surface area contributed by atoms with Crippen LogP contribution in [0.4, 0.5) is 11.4 Å². The summed E-state index contributed by atoms with van der Waals surface area (Å²) in [5.41, 5.74) is 4.37. The molecule has 0 fully saturated rings. The first kappa shape index (κ1) is 19.9. The first-order chi connectivity index (χ1) is 14.4. The lowest BCUT2D eigenvalue weighted by atomic mass is 10.1. The largest absolute Gasteiger partial charge is 0.360 e. The summed E-state index contributed by atoms with van der Waals surface area (Å²) >= 11 is 0. The van der Waals surface area contributed by atoms with E-state index in [0.717, 1.165) is 22.4 Å². The molecular weight excluding hydrogens is 396 g/mol. The molecule has 3 aromatic rings. The van der Waals surface area contributed by atoms with E-state index in [0.29, 0.717) is 11.3 Å². The van der Waals surface area contributed by atoms with Crippen LogP contribution in [0.1, 0.15) is 27.0 Å². The fourth-order valence-corrected chi connectivity index (χ4v) is 5.07. The molecule has 4 rings (SSSR count). The number of rotatable bonds is 4. The van der Waals surface area contributed by atoms with Gasteiger partial charge in [-0.3, -0.25) is 9.10 Å². The van der Waals surface area contributed by atoms with Crippen LogP contribution < -0.4 is 9.62 Å². The van der Waals surface area contributed by atoms with E-state index in [1.54, 1.807) is 24.3 Å². The minimum atomic E-state index is -4.04. The number of allylic oxidation sites excluding steroid dienone is 1. The van der Waals surface area contributed by atoms with Crippen LogP contribution in [0.25, 0.3) is 0 Å². The fourth-order valence-electron chi connectivity index (χ4n) is 3.55. The number of benzene rings is 3. The number of aryl methyl sites for hydroxylation is 2. The number of anilines is 2. The summed E-state index contributed by atoms with van der Waals surface area (Å²) in [5.74, 6) is -0.507. The van der Waals surface area contributed by atoms with Crippen molar-refractivity contribution in [3.8, 4) is 0 Å². The smallest absolute Gasteiger partial charge is 0.270 e. The van der Waals surface area contributed by atoms with Gasteiger partial charge in [0.2, 0.25) is 5.78 Å². The maximum Gasteiger partial charge on any atom is 0.270 e. The molecule has 0 aliphatic carbocycles. The van der Waals surface area contributed by atoms with E-state index < -0.39 is 15.8 Å². The van der Waals surface area contributed by atoms with E-state index in [1.807, 2.05) is 62.4 Å². The predicted octanol–water partition coefficient (Wildman–Crippen LogP) is 4.79. The third-order valence-electron chi connectivity index (χ3n) is 5.12. The number of ketones is 1. The molecule has 6 heteroatoms. The predicted molar refractivity (Wildman–Crippen MR) is 120 cm³/mol. The van der Waals surface area contributed by atoms with Crippen LogP contribution in [0.2, 0.25) is 0 Å². The van der Waals surface area contributed by atoms with Crippen LogP contribution in [-0.4, -0.2) is 14.2 Å². The van der Waals surface area contributed by atoms with Gasteiger partial charge < -0.3 is 5.32 Å². The summed E-state index contributed by atoms with van der Waals surface area (Å²) in [7, 11) is -4.04. The second-order valence-electron chi connectivity index (χ2n) is 7.31. The number of nitrogens with one attached hydrogen (secondary N) is 1. The van der Waals surface area contributed by atoms with Crippen LogP contribution in [0.5, 0.6) is 0 Å². The zero-order valence-corrected chi connectivity index (χ0v) is 17.6. The second kappa shape index (κ2) is 7.80. The van der Waals surface area contributed by atoms with E-state index in [9.17, 15) is 13.2 Å². The van der Waals surface area contributed by atoms with Crippen molar-refractivity contribution >= 4 is 27.2 Å². The molecule has 1 aliphatic rings. The number of fused-ring (bicyclic) bond motifs is 1. The minimum Gasteiger partial charge on any atom is -0.360 e. The molecule has 0 aromatic heterocycles. The highest BCUT2D eigenvalue weighted by Crippen LogP contribution is 2.36. The number of carbonyl (C=O) groups is 1. The van der Waals surface area contributed by atoms with E-state index in [1.165, 1.54) is 10.5 Å². The number of sulfonamides is 1. The van der Waals surface area contributed by atoms with Gasteiger partial charge in [-0.15, -0.1) is 0 Å². The summed E-state index contributed by atoms with van der Waals surface area (Å²) < 4.78 is 28.3. The third kappa shape index (κ3) is 3.62. The average Bonchev–Trinajstić information content (AvgIpc) is 2.72. The van der Waals surface area contributed by atoms with Crippen molar-refractivity contribution in [2.75, 3.05) is 9.62 Å². The molecule has 1 heterocycles. The molecule has 0 saturated carbocycles. The molecule has 0 bridgehead atoms. The van der Waals surface area contributed by atoms with Crippen LogP contribution in [0, 0.1) is 13.8 Å². The van der Waals surface area contributed by atoms with Crippen molar-refractivity contribution in [1.29, 1.82) is 0 Å². The van der Waals surface area contributed by atoms with Crippen molar-refractivity contribution in [3.63, 3.8) is 0 Å².